The summed E-state index contributed by atoms with van der Waals surface area (Å²) < 4.78 is 36.1. The van der Waals surface area contributed by atoms with Gasteiger partial charge >= 0.3 is 6.18 Å². The number of halogens is 4. The monoisotopic (exact) mass is 255 g/mol. The van der Waals surface area contributed by atoms with Crippen molar-refractivity contribution in [3.63, 3.8) is 0 Å². The van der Waals surface area contributed by atoms with E-state index in [-0.39, 0.29) is 17.2 Å². The summed E-state index contributed by atoms with van der Waals surface area (Å²) in [6.45, 7) is 1.35. The highest BCUT2D eigenvalue weighted by Gasteiger charge is 2.30. The minimum Gasteiger partial charge on any atom is -0.368 e. The van der Waals surface area contributed by atoms with E-state index in [9.17, 15) is 13.2 Å². The lowest BCUT2D eigenvalue weighted by Crippen LogP contribution is -2.25. The minimum atomic E-state index is -4.26. The molecule has 0 aliphatic carbocycles. The lowest BCUT2D eigenvalue weighted by Gasteiger charge is -2.15. The molecule has 90 valence electrons. The number of hydrogen-bond acceptors (Lipinski definition) is 5. The van der Waals surface area contributed by atoms with Crippen LogP contribution in [0.3, 0.4) is 0 Å². The molecule has 0 aliphatic rings. The molecule has 0 fully saturated rings. The summed E-state index contributed by atoms with van der Waals surface area (Å²) in [5, 5.41) is 2.26. The largest absolute Gasteiger partial charge is 0.391 e. The van der Waals surface area contributed by atoms with E-state index in [1.54, 1.807) is 0 Å². The number of anilines is 2. The predicted molar refractivity (Wildman–Crippen MR) is 53.0 cm³/mol. The summed E-state index contributed by atoms with van der Waals surface area (Å²) in [5.41, 5.74) is 5.25. The first-order chi connectivity index (χ1) is 7.26. The zero-order valence-corrected chi connectivity index (χ0v) is 8.97. The zero-order valence-electron chi connectivity index (χ0n) is 8.22. The molecule has 0 saturated carbocycles. The van der Waals surface area contributed by atoms with Gasteiger partial charge < -0.3 is 11.1 Å². The molecule has 3 N–H and O–H groups in total. The number of aromatic nitrogens is 3. The van der Waals surface area contributed by atoms with Crippen molar-refractivity contribution in [3.05, 3.63) is 5.28 Å². The SMILES string of the molecule is CC(CC(F)(F)F)Nc1nc(N)nc(Cl)n1. The van der Waals surface area contributed by atoms with Crippen LogP contribution >= 0.6 is 11.6 Å². The molecule has 0 aliphatic heterocycles. The van der Waals surface area contributed by atoms with Crippen LogP contribution in [0, 0.1) is 0 Å². The van der Waals surface area contributed by atoms with Crippen LogP contribution in [-0.2, 0) is 0 Å². The molecule has 1 unspecified atom stereocenters. The quantitative estimate of drug-likeness (QED) is 0.862. The van der Waals surface area contributed by atoms with E-state index in [4.69, 9.17) is 17.3 Å². The van der Waals surface area contributed by atoms with Gasteiger partial charge in [0.2, 0.25) is 17.2 Å². The fourth-order valence-electron chi connectivity index (χ4n) is 1.05. The van der Waals surface area contributed by atoms with Gasteiger partial charge in [-0.25, -0.2) is 0 Å². The van der Waals surface area contributed by atoms with Crippen LogP contribution in [-0.4, -0.2) is 27.2 Å². The highest BCUT2D eigenvalue weighted by atomic mass is 35.5. The number of nitrogens with two attached hydrogens (primary N) is 1. The van der Waals surface area contributed by atoms with Gasteiger partial charge in [-0.1, -0.05) is 0 Å². The standard InChI is InChI=1S/C7H9ClF3N5/c1-3(2-7(9,10)11)13-6-15-4(8)14-5(12)16-6/h3H,2H2,1H3,(H3,12,13,14,15,16). The highest BCUT2D eigenvalue weighted by molar-refractivity contribution is 6.28. The number of rotatable bonds is 3. The van der Waals surface area contributed by atoms with Crippen molar-refractivity contribution in [2.75, 3.05) is 11.1 Å². The van der Waals surface area contributed by atoms with Crippen molar-refractivity contribution in [1.82, 2.24) is 15.0 Å². The predicted octanol–water partition coefficient (Wildman–Crippen LogP) is 1.86. The Labute approximate surface area is 94.2 Å². The normalized spacial score (nSPS) is 13.6. The third-order valence-corrected chi connectivity index (χ3v) is 1.71. The van der Waals surface area contributed by atoms with Crippen LogP contribution in [0.15, 0.2) is 0 Å². The fourth-order valence-corrected chi connectivity index (χ4v) is 1.22. The van der Waals surface area contributed by atoms with E-state index < -0.39 is 18.6 Å². The number of hydrogen-bond donors (Lipinski definition) is 2. The number of nitrogen functional groups attached to an aromatic ring is 1. The van der Waals surface area contributed by atoms with Gasteiger partial charge in [0.15, 0.2) is 0 Å². The molecule has 0 amide bonds. The number of alkyl halides is 3. The molecule has 1 heterocycles. The molecule has 1 atom stereocenters. The molecule has 16 heavy (non-hydrogen) atoms. The molecule has 0 aromatic carbocycles. The lowest BCUT2D eigenvalue weighted by molar-refractivity contribution is -0.136. The van der Waals surface area contributed by atoms with Gasteiger partial charge in [-0.2, -0.15) is 28.1 Å². The molecular formula is C7H9ClF3N5. The van der Waals surface area contributed by atoms with Crippen molar-refractivity contribution >= 4 is 23.5 Å². The summed E-state index contributed by atoms with van der Waals surface area (Å²) in [5.74, 6) is -0.226. The van der Waals surface area contributed by atoms with Crippen LogP contribution in [0.5, 0.6) is 0 Å². The molecule has 0 saturated heterocycles. The zero-order chi connectivity index (χ0) is 12.3. The average Bonchev–Trinajstić information content (AvgIpc) is 1.96. The fraction of sp³-hybridized carbons (Fsp3) is 0.571. The maximum atomic E-state index is 12.0. The van der Waals surface area contributed by atoms with Crippen molar-refractivity contribution in [2.24, 2.45) is 0 Å². The van der Waals surface area contributed by atoms with Gasteiger partial charge in [0.05, 0.1) is 6.42 Å². The second-order valence-corrected chi connectivity index (χ2v) is 3.49. The van der Waals surface area contributed by atoms with Crippen LogP contribution < -0.4 is 11.1 Å². The molecule has 1 rings (SSSR count). The third-order valence-electron chi connectivity index (χ3n) is 1.54. The molecule has 0 bridgehead atoms. The average molecular weight is 256 g/mol. The molecule has 9 heteroatoms. The van der Waals surface area contributed by atoms with Crippen molar-refractivity contribution in [1.29, 1.82) is 0 Å². The van der Waals surface area contributed by atoms with Gasteiger partial charge in [0.1, 0.15) is 0 Å². The maximum absolute atomic E-state index is 12.0. The molecular weight excluding hydrogens is 247 g/mol. The smallest absolute Gasteiger partial charge is 0.368 e. The Morgan fingerprint density at radius 3 is 2.50 bits per heavy atom. The topological polar surface area (TPSA) is 76.7 Å². The number of nitrogens with one attached hydrogen (secondary N) is 1. The Balaban J connectivity index is 2.66. The molecule has 0 spiro atoms. The van der Waals surface area contributed by atoms with E-state index in [0.29, 0.717) is 0 Å². The maximum Gasteiger partial charge on any atom is 0.391 e. The second-order valence-electron chi connectivity index (χ2n) is 3.15. The highest BCUT2D eigenvalue weighted by Crippen LogP contribution is 2.22. The summed E-state index contributed by atoms with van der Waals surface area (Å²) in [6, 6.07) is -0.877. The molecule has 1 aromatic heterocycles. The van der Waals surface area contributed by atoms with Crippen LogP contribution in [0.25, 0.3) is 0 Å². The minimum absolute atomic E-state index is 0.0748. The van der Waals surface area contributed by atoms with Crippen molar-refractivity contribution in [3.8, 4) is 0 Å². The molecule has 1 aromatic rings. The Kier molecular flexibility index (Phi) is 3.74. The second kappa shape index (κ2) is 4.69. The van der Waals surface area contributed by atoms with Crippen molar-refractivity contribution < 1.29 is 13.2 Å². The Bertz CT molecular complexity index is 349. The van der Waals surface area contributed by atoms with E-state index in [1.165, 1.54) is 6.92 Å². The Morgan fingerprint density at radius 1 is 1.38 bits per heavy atom. The van der Waals surface area contributed by atoms with Crippen molar-refractivity contribution in [2.45, 2.75) is 25.6 Å². The van der Waals surface area contributed by atoms with Gasteiger partial charge in [-0.3, -0.25) is 0 Å². The van der Waals surface area contributed by atoms with Gasteiger partial charge in [0, 0.05) is 6.04 Å². The van der Waals surface area contributed by atoms with E-state index in [0.717, 1.165) is 0 Å². The van der Waals surface area contributed by atoms with E-state index in [1.807, 2.05) is 0 Å². The van der Waals surface area contributed by atoms with Gasteiger partial charge in [-0.15, -0.1) is 0 Å². The number of nitrogens with zero attached hydrogens (tertiary/aromatic N) is 3. The first-order valence-electron chi connectivity index (χ1n) is 4.26. The van der Waals surface area contributed by atoms with Crippen LogP contribution in [0.1, 0.15) is 13.3 Å². The van der Waals surface area contributed by atoms with E-state index >= 15 is 0 Å². The third kappa shape index (κ3) is 4.47. The van der Waals surface area contributed by atoms with E-state index in [2.05, 4.69) is 20.3 Å². The van der Waals surface area contributed by atoms with Gasteiger partial charge in [-0.05, 0) is 18.5 Å². The lowest BCUT2D eigenvalue weighted by atomic mass is 10.2. The summed E-state index contributed by atoms with van der Waals surface area (Å²) in [7, 11) is 0. The summed E-state index contributed by atoms with van der Waals surface area (Å²) in [4.78, 5) is 10.7. The van der Waals surface area contributed by atoms with Crippen LogP contribution in [0.4, 0.5) is 25.1 Å². The molecule has 5 nitrogen and oxygen atoms in total. The Hall–Kier alpha value is -1.31. The summed E-state index contributed by atoms with van der Waals surface area (Å²) >= 11 is 5.46. The summed E-state index contributed by atoms with van der Waals surface area (Å²) in [6.07, 6.45) is -5.26. The molecule has 0 radical (unpaired) electrons. The van der Waals surface area contributed by atoms with Gasteiger partial charge in [0.25, 0.3) is 0 Å². The first-order valence-corrected chi connectivity index (χ1v) is 4.64. The first kappa shape index (κ1) is 12.8. The van der Waals surface area contributed by atoms with Crippen LogP contribution in [0.2, 0.25) is 5.28 Å². The Morgan fingerprint density at radius 2 is 2.00 bits per heavy atom.